The normalized spacial score (nSPS) is 19.5. The quantitative estimate of drug-likeness (QED) is 0.161. The number of rotatable bonds is 10. The molecule has 1 saturated heterocycles. The van der Waals surface area contributed by atoms with Gasteiger partial charge in [-0.05, 0) is 33.1 Å². The molecule has 1 heterocycles. The molecule has 1 rings (SSSR count). The summed E-state index contributed by atoms with van der Waals surface area (Å²) in [5.41, 5.74) is 0. The lowest BCUT2D eigenvalue weighted by Gasteiger charge is -2.27. The highest BCUT2D eigenvalue weighted by atomic mass is 33.1. The summed E-state index contributed by atoms with van der Waals surface area (Å²) < 4.78 is 8.93. The molecular formula is C16H27NO6S3. The molecule has 1 fully saturated rings. The van der Waals surface area contributed by atoms with Crippen molar-refractivity contribution in [3.8, 4) is 0 Å². The predicted molar refractivity (Wildman–Crippen MR) is 107 cm³/mol. The maximum Gasteiger partial charge on any atom is 0.410 e. The highest BCUT2D eigenvalue weighted by Crippen LogP contribution is 2.39. The fourth-order valence-corrected chi connectivity index (χ4v) is 5.52. The predicted octanol–water partition coefficient (Wildman–Crippen LogP) is 3.48. The Bertz CT molecular complexity index is 491. The zero-order valence-electron chi connectivity index (χ0n) is 15.2. The van der Waals surface area contributed by atoms with Crippen molar-refractivity contribution in [1.82, 2.24) is 5.32 Å². The molecule has 0 radical (unpaired) electrons. The molecule has 0 aromatic heterocycles. The van der Waals surface area contributed by atoms with Crippen molar-refractivity contribution < 1.29 is 29.0 Å². The molecule has 0 saturated carbocycles. The minimum Gasteiger partial charge on any atom is -0.480 e. The lowest BCUT2D eigenvalue weighted by molar-refractivity contribution is -0.165. The molecule has 3 atom stereocenters. The van der Waals surface area contributed by atoms with Crippen molar-refractivity contribution in [3.63, 3.8) is 0 Å². The molecular weight excluding hydrogens is 398 g/mol. The van der Waals surface area contributed by atoms with Crippen LogP contribution in [0, 0.1) is 0 Å². The third kappa shape index (κ3) is 9.27. The summed E-state index contributed by atoms with van der Waals surface area (Å²) in [5.74, 6) is -0.477. The number of carbonyl (C=O) groups is 3. The second kappa shape index (κ2) is 11.2. The third-order valence-electron chi connectivity index (χ3n) is 3.67. The number of thiol groups is 1. The first kappa shape index (κ1) is 23.3. The average Bonchev–Trinajstić information content (AvgIpc) is 3.01. The fraction of sp³-hybridized carbons (Fsp3) is 0.812. The topological polar surface area (TPSA) is 102 Å². The summed E-state index contributed by atoms with van der Waals surface area (Å²) in [4.78, 5) is 34.7. The highest BCUT2D eigenvalue weighted by molar-refractivity contribution is 8.77. The van der Waals surface area contributed by atoms with Crippen LogP contribution in [0.5, 0.6) is 0 Å². The number of carbonyl (C=O) groups excluding carboxylic acids is 2. The van der Waals surface area contributed by atoms with Gasteiger partial charge in [0.2, 0.25) is 6.29 Å². The van der Waals surface area contributed by atoms with E-state index in [0.29, 0.717) is 5.25 Å². The number of alkyl carbamates (subject to hydrolysis) is 1. The van der Waals surface area contributed by atoms with Gasteiger partial charge in [-0.25, -0.2) is 9.59 Å². The van der Waals surface area contributed by atoms with Gasteiger partial charge < -0.3 is 19.9 Å². The number of ether oxygens (including phenoxy) is 2. The van der Waals surface area contributed by atoms with Crippen molar-refractivity contribution in [3.05, 3.63) is 0 Å². The monoisotopic (exact) mass is 425 g/mol. The number of unbranched alkanes of at least 4 members (excludes halogenated alkanes) is 1. The van der Waals surface area contributed by atoms with E-state index in [9.17, 15) is 14.4 Å². The van der Waals surface area contributed by atoms with Gasteiger partial charge in [0.15, 0.2) is 0 Å². The first-order chi connectivity index (χ1) is 12.1. The van der Waals surface area contributed by atoms with E-state index < -0.39 is 35.1 Å². The van der Waals surface area contributed by atoms with Gasteiger partial charge in [-0.2, -0.15) is 12.6 Å². The lowest BCUT2D eigenvalue weighted by atomic mass is 10.0. The van der Waals surface area contributed by atoms with Crippen molar-refractivity contribution >= 4 is 52.2 Å². The summed E-state index contributed by atoms with van der Waals surface area (Å²) in [6.45, 7) is 4.52. The highest BCUT2D eigenvalue weighted by Gasteiger charge is 2.34. The van der Waals surface area contributed by atoms with Crippen LogP contribution in [0.4, 0.5) is 4.79 Å². The SMILES string of the molecule is CC(OC(=O)CCCCC1CCSS1)OC(=O)N[C@@H](C(=O)O)C(C)(C)S. The summed E-state index contributed by atoms with van der Waals surface area (Å²) in [5, 5.41) is 12.0. The molecule has 1 aliphatic heterocycles. The van der Waals surface area contributed by atoms with Crippen molar-refractivity contribution in [1.29, 1.82) is 0 Å². The van der Waals surface area contributed by atoms with E-state index >= 15 is 0 Å². The molecule has 0 aromatic rings. The molecule has 2 N–H and O–H groups in total. The van der Waals surface area contributed by atoms with Gasteiger partial charge >= 0.3 is 18.0 Å². The van der Waals surface area contributed by atoms with Gasteiger partial charge in [-0.3, -0.25) is 4.79 Å². The summed E-state index contributed by atoms with van der Waals surface area (Å²) >= 11 is 4.15. The third-order valence-corrected chi connectivity index (χ3v) is 6.94. The zero-order valence-corrected chi connectivity index (χ0v) is 17.8. The second-order valence-electron chi connectivity index (χ2n) is 6.61. The summed E-state index contributed by atoms with van der Waals surface area (Å²) in [6, 6.07) is -1.24. The van der Waals surface area contributed by atoms with Gasteiger partial charge in [0.05, 0.1) is 0 Å². The lowest BCUT2D eigenvalue weighted by Crippen LogP contribution is -2.52. The number of aliphatic carboxylic acids is 1. The second-order valence-corrected chi connectivity index (χ2v) is 10.5. The molecule has 10 heteroatoms. The molecule has 1 amide bonds. The zero-order chi connectivity index (χ0) is 19.7. The standard InChI is InChI=1S/C16H27NO6S3/c1-10(23-15(21)17-13(14(19)20)16(2,3)24)22-12(18)7-5-4-6-11-8-9-25-26-11/h10-11,13,24H,4-9H2,1-3H3,(H,17,21)(H,19,20)/t10?,11?,13-/m0/s1. The Hall–Kier alpha value is -0.740. The average molecular weight is 426 g/mol. The summed E-state index contributed by atoms with van der Waals surface area (Å²) in [6.07, 6.45) is 2.20. The summed E-state index contributed by atoms with van der Waals surface area (Å²) in [7, 11) is 3.81. The van der Waals surface area contributed by atoms with E-state index in [2.05, 4.69) is 17.9 Å². The van der Waals surface area contributed by atoms with E-state index in [-0.39, 0.29) is 6.42 Å². The minimum absolute atomic E-state index is 0.265. The van der Waals surface area contributed by atoms with Crippen molar-refractivity contribution in [2.24, 2.45) is 0 Å². The fourth-order valence-electron chi connectivity index (χ4n) is 2.32. The molecule has 0 bridgehead atoms. The van der Waals surface area contributed by atoms with Gasteiger partial charge in [0.1, 0.15) is 6.04 Å². The number of carboxylic acid groups (broad SMARTS) is 1. The number of esters is 1. The number of carboxylic acids is 1. The van der Waals surface area contributed by atoms with Crippen LogP contribution in [0.3, 0.4) is 0 Å². The maximum absolute atomic E-state index is 11.8. The maximum atomic E-state index is 11.8. The first-order valence-corrected chi connectivity index (χ1v) is 11.3. The van der Waals surface area contributed by atoms with Crippen LogP contribution in [0.2, 0.25) is 0 Å². The Morgan fingerprint density at radius 1 is 1.31 bits per heavy atom. The van der Waals surface area contributed by atoms with E-state index in [1.54, 1.807) is 13.8 Å². The smallest absolute Gasteiger partial charge is 0.410 e. The van der Waals surface area contributed by atoms with Crippen LogP contribution < -0.4 is 5.32 Å². The molecule has 0 aliphatic carbocycles. The van der Waals surface area contributed by atoms with E-state index in [0.717, 1.165) is 19.3 Å². The molecule has 7 nitrogen and oxygen atoms in total. The number of nitrogens with one attached hydrogen (secondary N) is 1. The van der Waals surface area contributed by atoms with Gasteiger partial charge in [0.25, 0.3) is 0 Å². The molecule has 26 heavy (non-hydrogen) atoms. The van der Waals surface area contributed by atoms with Crippen LogP contribution in [-0.2, 0) is 19.1 Å². The molecule has 0 spiro atoms. The molecule has 150 valence electrons. The Morgan fingerprint density at radius 3 is 2.54 bits per heavy atom. The van der Waals surface area contributed by atoms with E-state index in [4.69, 9.17) is 14.6 Å². The number of hydrogen-bond acceptors (Lipinski definition) is 8. The van der Waals surface area contributed by atoms with Gasteiger partial charge in [-0.1, -0.05) is 28.0 Å². The van der Waals surface area contributed by atoms with Gasteiger partial charge in [-0.15, -0.1) is 0 Å². The Kier molecular flexibility index (Phi) is 10.0. The number of hydrogen-bond donors (Lipinski definition) is 3. The van der Waals surface area contributed by atoms with E-state index in [1.165, 1.54) is 19.1 Å². The molecule has 1 aliphatic rings. The van der Waals surface area contributed by atoms with Crippen LogP contribution in [-0.4, -0.2) is 51.2 Å². The molecule has 2 unspecified atom stereocenters. The van der Waals surface area contributed by atoms with Crippen molar-refractivity contribution in [2.45, 2.75) is 75.2 Å². The molecule has 0 aromatic carbocycles. The van der Waals surface area contributed by atoms with Crippen LogP contribution in [0.15, 0.2) is 0 Å². The van der Waals surface area contributed by atoms with Crippen molar-refractivity contribution in [2.75, 3.05) is 5.75 Å². The largest absolute Gasteiger partial charge is 0.480 e. The van der Waals surface area contributed by atoms with Gasteiger partial charge in [0, 0.05) is 29.1 Å². The number of amides is 1. The van der Waals surface area contributed by atoms with Crippen LogP contribution >= 0.6 is 34.2 Å². The van der Waals surface area contributed by atoms with Crippen LogP contribution in [0.1, 0.15) is 52.9 Å². The minimum atomic E-state index is -1.24. The first-order valence-electron chi connectivity index (χ1n) is 8.49. The Labute approximate surface area is 167 Å². The Morgan fingerprint density at radius 2 is 2.00 bits per heavy atom. The Balaban J connectivity index is 2.24. The van der Waals surface area contributed by atoms with E-state index in [1.807, 2.05) is 21.6 Å². The van der Waals surface area contributed by atoms with Crippen LogP contribution in [0.25, 0.3) is 0 Å².